The molecule has 0 saturated carbocycles. The van der Waals surface area contributed by atoms with Gasteiger partial charge < -0.3 is 4.90 Å². The molecular weight excluding hydrogens is 262 g/mol. The van der Waals surface area contributed by atoms with Crippen LogP contribution in [-0.4, -0.2) is 38.6 Å². The van der Waals surface area contributed by atoms with Gasteiger partial charge in [0.05, 0.1) is 10.5 Å². The highest BCUT2D eigenvalue weighted by Crippen LogP contribution is 2.21. The van der Waals surface area contributed by atoms with Crippen molar-refractivity contribution >= 4 is 15.7 Å². The Morgan fingerprint density at radius 1 is 1.32 bits per heavy atom. The number of piperidine rings is 1. The van der Waals surface area contributed by atoms with E-state index in [2.05, 4.69) is 6.92 Å². The molecule has 1 aliphatic rings. The Hall–Kier alpha value is -1.36. The van der Waals surface area contributed by atoms with Gasteiger partial charge in [-0.25, -0.2) is 8.42 Å². The maximum atomic E-state index is 12.5. The fraction of sp³-hybridized carbons (Fsp3) is 0.500. The zero-order valence-corrected chi connectivity index (χ0v) is 12.1. The minimum atomic E-state index is -3.38. The molecule has 1 aromatic rings. The van der Waals surface area contributed by atoms with Crippen LogP contribution in [0.1, 0.15) is 30.1 Å². The first-order valence-corrected chi connectivity index (χ1v) is 8.37. The summed E-state index contributed by atoms with van der Waals surface area (Å²) in [7, 11) is -3.38. The van der Waals surface area contributed by atoms with Crippen molar-refractivity contribution in [3.05, 3.63) is 29.8 Å². The Labute approximate surface area is 114 Å². The summed E-state index contributed by atoms with van der Waals surface area (Å²) < 4.78 is 23.5. The van der Waals surface area contributed by atoms with Crippen molar-refractivity contribution in [3.8, 4) is 0 Å². The van der Waals surface area contributed by atoms with Crippen LogP contribution in [0.25, 0.3) is 0 Å². The highest BCUT2D eigenvalue weighted by molar-refractivity contribution is 7.90. The number of carbonyl (C=O) groups excluding carboxylic acids is 1. The van der Waals surface area contributed by atoms with Gasteiger partial charge in [0.1, 0.15) is 0 Å². The van der Waals surface area contributed by atoms with Gasteiger partial charge in [0.15, 0.2) is 9.84 Å². The molecule has 4 nitrogen and oxygen atoms in total. The van der Waals surface area contributed by atoms with Gasteiger partial charge >= 0.3 is 0 Å². The minimum absolute atomic E-state index is 0.123. The molecule has 2 rings (SSSR count). The van der Waals surface area contributed by atoms with Crippen LogP contribution < -0.4 is 0 Å². The Kier molecular flexibility index (Phi) is 3.94. The van der Waals surface area contributed by atoms with Crippen LogP contribution >= 0.6 is 0 Å². The van der Waals surface area contributed by atoms with E-state index in [1.165, 1.54) is 6.07 Å². The van der Waals surface area contributed by atoms with Gasteiger partial charge in [0.2, 0.25) is 0 Å². The molecule has 5 heteroatoms. The maximum absolute atomic E-state index is 12.5. The van der Waals surface area contributed by atoms with Gasteiger partial charge in [-0.3, -0.25) is 4.79 Å². The molecule has 0 aromatic heterocycles. The van der Waals surface area contributed by atoms with E-state index in [9.17, 15) is 13.2 Å². The molecule has 1 atom stereocenters. The Bertz CT molecular complexity index is 580. The quantitative estimate of drug-likeness (QED) is 0.832. The van der Waals surface area contributed by atoms with Crippen molar-refractivity contribution in [2.75, 3.05) is 19.3 Å². The van der Waals surface area contributed by atoms with Crippen molar-refractivity contribution in [1.29, 1.82) is 0 Å². The van der Waals surface area contributed by atoms with Crippen molar-refractivity contribution in [1.82, 2.24) is 4.90 Å². The molecule has 0 aliphatic carbocycles. The fourth-order valence-electron chi connectivity index (χ4n) is 2.51. The monoisotopic (exact) mass is 281 g/mol. The van der Waals surface area contributed by atoms with E-state index in [0.29, 0.717) is 24.6 Å². The second-order valence-corrected chi connectivity index (χ2v) is 7.25. The number of sulfone groups is 1. The number of benzene rings is 1. The summed E-state index contributed by atoms with van der Waals surface area (Å²) in [5.41, 5.74) is 0.291. The van der Waals surface area contributed by atoms with E-state index in [-0.39, 0.29) is 10.8 Å². The standard InChI is InChI=1S/C14H19NO3S/c1-11-6-5-9-15(10-11)14(16)12-7-3-4-8-13(12)19(2,17)18/h3-4,7-8,11H,5-6,9-10H2,1-2H3/t11-/m0/s1. The first-order chi connectivity index (χ1) is 8.89. The fourth-order valence-corrected chi connectivity index (χ4v) is 3.39. The third-order valence-corrected chi connectivity index (χ3v) is 4.62. The van der Waals surface area contributed by atoms with Crippen molar-refractivity contribution in [3.63, 3.8) is 0 Å². The van der Waals surface area contributed by atoms with Crippen LogP contribution in [0.2, 0.25) is 0 Å². The van der Waals surface area contributed by atoms with Gasteiger partial charge in [0.25, 0.3) is 5.91 Å². The van der Waals surface area contributed by atoms with Crippen molar-refractivity contribution < 1.29 is 13.2 Å². The molecule has 19 heavy (non-hydrogen) atoms. The Balaban J connectivity index is 2.34. The summed E-state index contributed by atoms with van der Waals surface area (Å²) >= 11 is 0. The average molecular weight is 281 g/mol. The molecule has 1 amide bonds. The largest absolute Gasteiger partial charge is 0.338 e. The van der Waals surface area contributed by atoms with Crippen LogP contribution in [0.15, 0.2) is 29.2 Å². The summed E-state index contributed by atoms with van der Waals surface area (Å²) in [6, 6.07) is 6.44. The number of rotatable bonds is 2. The molecule has 1 saturated heterocycles. The molecule has 1 fully saturated rings. The third kappa shape index (κ3) is 3.15. The van der Waals surface area contributed by atoms with Crippen LogP contribution in [0, 0.1) is 5.92 Å². The average Bonchev–Trinajstić information content (AvgIpc) is 2.37. The van der Waals surface area contributed by atoms with Gasteiger partial charge in [-0.1, -0.05) is 19.1 Å². The zero-order valence-electron chi connectivity index (χ0n) is 11.3. The van der Waals surface area contributed by atoms with Gasteiger partial charge in [0, 0.05) is 19.3 Å². The van der Waals surface area contributed by atoms with E-state index < -0.39 is 9.84 Å². The molecular formula is C14H19NO3S. The third-order valence-electron chi connectivity index (χ3n) is 3.46. The predicted octanol–water partition coefficient (Wildman–Crippen LogP) is 1.96. The number of nitrogens with zero attached hydrogens (tertiary/aromatic N) is 1. The Morgan fingerprint density at radius 3 is 2.63 bits per heavy atom. The van der Waals surface area contributed by atoms with Gasteiger partial charge in [-0.05, 0) is 30.9 Å². The number of hydrogen-bond acceptors (Lipinski definition) is 3. The van der Waals surface area contributed by atoms with Crippen LogP contribution in [0.4, 0.5) is 0 Å². The van der Waals surface area contributed by atoms with Crippen LogP contribution in [-0.2, 0) is 9.84 Å². The second kappa shape index (κ2) is 5.33. The molecule has 0 bridgehead atoms. The maximum Gasteiger partial charge on any atom is 0.255 e. The summed E-state index contributed by atoms with van der Waals surface area (Å²) in [6.07, 6.45) is 3.24. The number of carbonyl (C=O) groups is 1. The molecule has 0 spiro atoms. The smallest absolute Gasteiger partial charge is 0.255 e. The van der Waals surface area contributed by atoms with E-state index in [4.69, 9.17) is 0 Å². The van der Waals surface area contributed by atoms with E-state index in [1.807, 2.05) is 0 Å². The SMILES string of the molecule is C[C@H]1CCCN(C(=O)c2ccccc2S(C)(=O)=O)C1. The van der Waals surface area contributed by atoms with Crippen molar-refractivity contribution in [2.24, 2.45) is 5.92 Å². The summed E-state index contributed by atoms with van der Waals surface area (Å²) in [5.74, 6) is 0.302. The molecule has 1 heterocycles. The van der Waals surface area contributed by atoms with Crippen LogP contribution in [0.3, 0.4) is 0 Å². The van der Waals surface area contributed by atoms with Gasteiger partial charge in [-0.15, -0.1) is 0 Å². The number of likely N-dealkylation sites (tertiary alicyclic amines) is 1. The lowest BCUT2D eigenvalue weighted by molar-refractivity contribution is 0.0679. The summed E-state index contributed by atoms with van der Waals surface area (Å²) in [6.45, 7) is 3.53. The van der Waals surface area contributed by atoms with E-state index in [1.54, 1.807) is 23.1 Å². The molecule has 104 valence electrons. The first kappa shape index (κ1) is 14.1. The Morgan fingerprint density at radius 2 is 2.00 bits per heavy atom. The lowest BCUT2D eigenvalue weighted by Gasteiger charge is -2.31. The normalized spacial score (nSPS) is 20.3. The van der Waals surface area contributed by atoms with Crippen molar-refractivity contribution in [2.45, 2.75) is 24.7 Å². The highest BCUT2D eigenvalue weighted by Gasteiger charge is 2.25. The predicted molar refractivity (Wildman–Crippen MR) is 73.9 cm³/mol. The van der Waals surface area contributed by atoms with E-state index in [0.717, 1.165) is 19.1 Å². The molecule has 0 radical (unpaired) electrons. The van der Waals surface area contributed by atoms with Crippen LogP contribution in [0.5, 0.6) is 0 Å². The topological polar surface area (TPSA) is 54.5 Å². The number of amides is 1. The highest BCUT2D eigenvalue weighted by atomic mass is 32.2. The van der Waals surface area contributed by atoms with Gasteiger partial charge in [-0.2, -0.15) is 0 Å². The lowest BCUT2D eigenvalue weighted by atomic mass is 9.99. The number of hydrogen-bond donors (Lipinski definition) is 0. The molecule has 1 aliphatic heterocycles. The minimum Gasteiger partial charge on any atom is -0.338 e. The van der Waals surface area contributed by atoms with E-state index >= 15 is 0 Å². The first-order valence-electron chi connectivity index (χ1n) is 6.48. The molecule has 0 unspecified atom stereocenters. The summed E-state index contributed by atoms with van der Waals surface area (Å²) in [4.78, 5) is 14.4. The zero-order chi connectivity index (χ0) is 14.0. The molecule has 1 aromatic carbocycles. The molecule has 0 N–H and O–H groups in total. The second-order valence-electron chi connectivity index (χ2n) is 5.27. The lowest BCUT2D eigenvalue weighted by Crippen LogP contribution is -2.39. The summed E-state index contributed by atoms with van der Waals surface area (Å²) in [5, 5.41) is 0.